The van der Waals surface area contributed by atoms with E-state index < -0.39 is 6.10 Å². The Balaban J connectivity index is 2.47. The Kier molecular flexibility index (Phi) is 3.07. The zero-order valence-electron chi connectivity index (χ0n) is 10.7. The van der Waals surface area contributed by atoms with Crippen molar-refractivity contribution < 1.29 is 9.52 Å². The van der Waals surface area contributed by atoms with Crippen molar-refractivity contribution in [2.75, 3.05) is 0 Å². The molecule has 0 saturated heterocycles. The summed E-state index contributed by atoms with van der Waals surface area (Å²) in [5.74, 6) is 0.821. The third kappa shape index (κ3) is 2.27. The summed E-state index contributed by atoms with van der Waals surface area (Å²) in [6.07, 6.45) is 1.02. The monoisotopic (exact) mass is 230 g/mol. The molecule has 0 radical (unpaired) electrons. The van der Waals surface area contributed by atoms with Gasteiger partial charge in [0.15, 0.2) is 0 Å². The molecule has 0 aliphatic carbocycles. The Morgan fingerprint density at radius 3 is 2.06 bits per heavy atom. The minimum atomic E-state index is -0.604. The minimum absolute atomic E-state index is 0.604. The fourth-order valence-electron chi connectivity index (χ4n) is 2.40. The molecule has 1 aromatic carbocycles. The highest BCUT2D eigenvalue weighted by atomic mass is 16.3. The molecule has 1 aromatic heterocycles. The third-order valence-electron chi connectivity index (χ3n) is 3.08. The van der Waals surface area contributed by atoms with Crippen molar-refractivity contribution in [1.29, 1.82) is 0 Å². The van der Waals surface area contributed by atoms with Gasteiger partial charge in [0, 0.05) is 5.56 Å². The maximum atomic E-state index is 10.4. The Hall–Kier alpha value is -1.54. The van der Waals surface area contributed by atoms with Crippen LogP contribution in [0.2, 0.25) is 0 Å². The number of rotatable bonds is 2. The molecule has 0 fully saturated rings. The smallest absolute Gasteiger partial charge is 0.108 e. The van der Waals surface area contributed by atoms with Crippen LogP contribution in [0, 0.1) is 27.7 Å². The molecule has 0 amide bonds. The molecule has 0 saturated carbocycles. The van der Waals surface area contributed by atoms with Crippen LogP contribution < -0.4 is 0 Å². The quantitative estimate of drug-likeness (QED) is 0.855. The second-order valence-corrected chi connectivity index (χ2v) is 4.71. The fourth-order valence-corrected chi connectivity index (χ4v) is 2.40. The second kappa shape index (κ2) is 4.38. The Labute approximate surface area is 102 Å². The van der Waals surface area contributed by atoms with E-state index in [1.54, 1.807) is 6.26 Å². The summed E-state index contributed by atoms with van der Waals surface area (Å²) < 4.78 is 5.25. The van der Waals surface area contributed by atoms with Gasteiger partial charge in [-0.3, -0.25) is 0 Å². The highest BCUT2D eigenvalue weighted by Gasteiger charge is 2.17. The Bertz CT molecular complexity index is 515. The lowest BCUT2D eigenvalue weighted by molar-refractivity contribution is 0.217. The zero-order valence-corrected chi connectivity index (χ0v) is 10.7. The number of hydrogen-bond acceptors (Lipinski definition) is 2. The van der Waals surface area contributed by atoms with Gasteiger partial charge in [-0.1, -0.05) is 17.7 Å². The van der Waals surface area contributed by atoms with E-state index in [0.717, 1.165) is 28.0 Å². The highest BCUT2D eigenvalue weighted by molar-refractivity contribution is 5.42. The van der Waals surface area contributed by atoms with Crippen LogP contribution in [0.15, 0.2) is 28.9 Å². The van der Waals surface area contributed by atoms with E-state index in [9.17, 15) is 5.11 Å². The fraction of sp³-hybridized carbons (Fsp3) is 0.333. The topological polar surface area (TPSA) is 33.4 Å². The van der Waals surface area contributed by atoms with Gasteiger partial charge in [0.05, 0.1) is 6.26 Å². The van der Waals surface area contributed by atoms with E-state index in [1.807, 2.05) is 26.8 Å². The van der Waals surface area contributed by atoms with Crippen molar-refractivity contribution >= 4 is 0 Å². The first-order valence-electron chi connectivity index (χ1n) is 5.80. The van der Waals surface area contributed by atoms with Gasteiger partial charge in [0.1, 0.15) is 11.9 Å². The average molecular weight is 230 g/mol. The van der Waals surface area contributed by atoms with Crippen molar-refractivity contribution in [1.82, 2.24) is 0 Å². The van der Waals surface area contributed by atoms with Gasteiger partial charge in [-0.2, -0.15) is 0 Å². The van der Waals surface area contributed by atoms with Crippen molar-refractivity contribution in [3.63, 3.8) is 0 Å². The maximum Gasteiger partial charge on any atom is 0.108 e. The Morgan fingerprint density at radius 2 is 1.59 bits per heavy atom. The molecule has 90 valence electrons. The molecule has 2 heteroatoms. The van der Waals surface area contributed by atoms with Crippen LogP contribution in [0.1, 0.15) is 39.7 Å². The Morgan fingerprint density at radius 1 is 1.00 bits per heavy atom. The van der Waals surface area contributed by atoms with Crippen LogP contribution in [0.5, 0.6) is 0 Å². The molecule has 0 aliphatic rings. The zero-order chi connectivity index (χ0) is 12.6. The molecular formula is C15H18O2. The molecule has 1 atom stereocenters. The molecule has 2 rings (SSSR count). The number of aryl methyl sites for hydroxylation is 4. The van der Waals surface area contributed by atoms with Crippen LogP contribution in [0.4, 0.5) is 0 Å². The molecule has 1 N–H and O–H groups in total. The normalized spacial score (nSPS) is 12.8. The van der Waals surface area contributed by atoms with Gasteiger partial charge >= 0.3 is 0 Å². The van der Waals surface area contributed by atoms with Crippen molar-refractivity contribution in [2.45, 2.75) is 33.8 Å². The van der Waals surface area contributed by atoms with Crippen LogP contribution in [-0.4, -0.2) is 5.11 Å². The van der Waals surface area contributed by atoms with E-state index in [0.29, 0.717) is 0 Å². The largest absolute Gasteiger partial charge is 0.469 e. The lowest BCUT2D eigenvalue weighted by atomic mass is 9.93. The van der Waals surface area contributed by atoms with Crippen LogP contribution in [0.25, 0.3) is 0 Å². The first-order valence-corrected chi connectivity index (χ1v) is 5.80. The highest BCUT2D eigenvalue weighted by Crippen LogP contribution is 2.29. The summed E-state index contributed by atoms with van der Waals surface area (Å²) in [7, 11) is 0. The number of hydrogen-bond donors (Lipinski definition) is 1. The number of aliphatic hydroxyl groups excluding tert-OH is 1. The molecule has 17 heavy (non-hydrogen) atoms. The summed E-state index contributed by atoms with van der Waals surface area (Å²) in [5.41, 5.74) is 5.26. The molecule has 0 bridgehead atoms. The van der Waals surface area contributed by atoms with E-state index in [-0.39, 0.29) is 0 Å². The molecule has 1 unspecified atom stereocenters. The van der Waals surface area contributed by atoms with E-state index in [1.165, 1.54) is 5.56 Å². The maximum absolute atomic E-state index is 10.4. The minimum Gasteiger partial charge on any atom is -0.469 e. The predicted octanol–water partition coefficient (Wildman–Crippen LogP) is 3.59. The van der Waals surface area contributed by atoms with Gasteiger partial charge in [-0.25, -0.2) is 0 Å². The first kappa shape index (κ1) is 11.9. The number of aliphatic hydroxyl groups is 1. The SMILES string of the molecule is Cc1cc(C)c(C(O)c2coc(C)c2)c(C)c1. The summed E-state index contributed by atoms with van der Waals surface area (Å²) in [6, 6.07) is 6.07. The van der Waals surface area contributed by atoms with Crippen molar-refractivity contribution in [3.8, 4) is 0 Å². The predicted molar refractivity (Wildman–Crippen MR) is 68.2 cm³/mol. The van der Waals surface area contributed by atoms with E-state index in [2.05, 4.69) is 19.1 Å². The number of benzene rings is 1. The molecule has 1 heterocycles. The molecule has 2 nitrogen and oxygen atoms in total. The van der Waals surface area contributed by atoms with Crippen molar-refractivity contribution in [3.05, 3.63) is 58.0 Å². The lowest BCUT2D eigenvalue weighted by Crippen LogP contribution is -2.04. The number of furan rings is 1. The van der Waals surface area contributed by atoms with Crippen LogP contribution in [0.3, 0.4) is 0 Å². The first-order chi connectivity index (χ1) is 7.99. The summed E-state index contributed by atoms with van der Waals surface area (Å²) in [6.45, 7) is 8.01. The van der Waals surface area contributed by atoms with Crippen LogP contribution >= 0.6 is 0 Å². The summed E-state index contributed by atoms with van der Waals surface area (Å²) in [5, 5.41) is 10.4. The van der Waals surface area contributed by atoms with Gasteiger partial charge < -0.3 is 9.52 Å². The second-order valence-electron chi connectivity index (χ2n) is 4.71. The molecular weight excluding hydrogens is 212 g/mol. The lowest BCUT2D eigenvalue weighted by Gasteiger charge is -2.16. The van der Waals surface area contributed by atoms with Crippen LogP contribution in [-0.2, 0) is 0 Å². The third-order valence-corrected chi connectivity index (χ3v) is 3.08. The molecule has 0 aliphatic heterocycles. The van der Waals surface area contributed by atoms with Crippen molar-refractivity contribution in [2.24, 2.45) is 0 Å². The molecule has 0 spiro atoms. The summed E-state index contributed by atoms with van der Waals surface area (Å²) >= 11 is 0. The van der Waals surface area contributed by atoms with E-state index in [4.69, 9.17) is 4.42 Å². The average Bonchev–Trinajstić information content (AvgIpc) is 2.63. The van der Waals surface area contributed by atoms with Gasteiger partial charge in [0.2, 0.25) is 0 Å². The van der Waals surface area contributed by atoms with Gasteiger partial charge in [0.25, 0.3) is 0 Å². The molecule has 2 aromatic rings. The van der Waals surface area contributed by atoms with Gasteiger partial charge in [-0.05, 0) is 50.5 Å². The van der Waals surface area contributed by atoms with Gasteiger partial charge in [-0.15, -0.1) is 0 Å². The standard InChI is InChI=1S/C15H18O2/c1-9-5-10(2)14(11(3)6-9)15(16)13-7-12(4)17-8-13/h5-8,15-16H,1-4H3. The van der Waals surface area contributed by atoms with E-state index >= 15 is 0 Å². The summed E-state index contributed by atoms with van der Waals surface area (Å²) in [4.78, 5) is 0.